The van der Waals surface area contributed by atoms with Gasteiger partial charge >= 0.3 is 5.69 Å². The van der Waals surface area contributed by atoms with Gasteiger partial charge in [-0.25, -0.2) is 9.89 Å². The summed E-state index contributed by atoms with van der Waals surface area (Å²) in [7, 11) is 0. The molecule has 0 saturated carbocycles. The number of nitrogens with zero attached hydrogens (tertiary/aromatic N) is 2. The highest BCUT2D eigenvalue weighted by Gasteiger charge is 2.07. The summed E-state index contributed by atoms with van der Waals surface area (Å²) in [4.78, 5) is 11.3. The van der Waals surface area contributed by atoms with Crippen molar-refractivity contribution in [2.24, 2.45) is 0 Å². The maximum Gasteiger partial charge on any atom is 0.343 e. The Hall–Kier alpha value is -0.620. The van der Waals surface area contributed by atoms with Crippen LogP contribution in [0.2, 0.25) is 0 Å². The molecule has 0 aliphatic carbocycles. The molecule has 1 aromatic heterocycles. The topological polar surface area (TPSA) is 50.7 Å². The van der Waals surface area contributed by atoms with Crippen LogP contribution in [0.5, 0.6) is 0 Å². The molecule has 6 heteroatoms. The molecule has 0 aliphatic heterocycles. The van der Waals surface area contributed by atoms with Gasteiger partial charge in [0.2, 0.25) is 0 Å². The zero-order chi connectivity index (χ0) is 11.3. The number of H-pyrrole nitrogens is 1. The summed E-state index contributed by atoms with van der Waals surface area (Å²) in [6.45, 7) is 6.58. The first-order valence-electron chi connectivity index (χ1n) is 4.74. The molecular formula is C9H15N3OS2. The Morgan fingerprint density at radius 3 is 3.07 bits per heavy atom. The molecule has 0 amide bonds. The second-order valence-electron chi connectivity index (χ2n) is 3.16. The van der Waals surface area contributed by atoms with Gasteiger partial charge in [-0.05, 0) is 6.42 Å². The van der Waals surface area contributed by atoms with Crippen LogP contribution in [-0.4, -0.2) is 26.3 Å². The standard InChI is InChI=1S/C9H15N3OS2/c1-3-4-12-8(13)10-11-9(12)15-6-7(2)5-14/h14H,2-6H2,1H3,(H,10,13). The fourth-order valence-corrected chi connectivity index (χ4v) is 2.19. The van der Waals surface area contributed by atoms with Gasteiger partial charge in [-0.2, -0.15) is 12.6 Å². The molecule has 1 heterocycles. The number of aromatic nitrogens is 3. The van der Waals surface area contributed by atoms with E-state index in [2.05, 4.69) is 29.4 Å². The molecule has 0 bridgehead atoms. The Kier molecular flexibility index (Phi) is 5.04. The lowest BCUT2D eigenvalue weighted by atomic mass is 10.4. The first kappa shape index (κ1) is 12.4. The Labute approximate surface area is 98.6 Å². The molecule has 0 aliphatic rings. The summed E-state index contributed by atoms with van der Waals surface area (Å²) in [6, 6.07) is 0. The smallest absolute Gasteiger partial charge is 0.270 e. The first-order valence-corrected chi connectivity index (χ1v) is 6.36. The second-order valence-corrected chi connectivity index (χ2v) is 4.42. The van der Waals surface area contributed by atoms with Crippen LogP contribution in [0.1, 0.15) is 13.3 Å². The molecule has 84 valence electrons. The molecule has 0 spiro atoms. The van der Waals surface area contributed by atoms with Gasteiger partial charge in [-0.1, -0.05) is 30.8 Å². The maximum atomic E-state index is 11.3. The van der Waals surface area contributed by atoms with E-state index in [-0.39, 0.29) is 5.69 Å². The van der Waals surface area contributed by atoms with Crippen molar-refractivity contribution in [3.8, 4) is 0 Å². The molecule has 0 fully saturated rings. The van der Waals surface area contributed by atoms with E-state index in [4.69, 9.17) is 0 Å². The minimum atomic E-state index is -0.143. The number of nitrogens with one attached hydrogen (secondary N) is 1. The van der Waals surface area contributed by atoms with E-state index in [1.54, 1.807) is 4.57 Å². The van der Waals surface area contributed by atoms with Crippen molar-refractivity contribution in [2.75, 3.05) is 11.5 Å². The third kappa shape index (κ3) is 3.46. The van der Waals surface area contributed by atoms with Crippen LogP contribution in [0.4, 0.5) is 0 Å². The van der Waals surface area contributed by atoms with Crippen LogP contribution in [0.25, 0.3) is 0 Å². The Bertz CT molecular complexity index is 383. The van der Waals surface area contributed by atoms with Gasteiger partial charge in [-0.15, -0.1) is 5.10 Å². The first-order chi connectivity index (χ1) is 7.19. The number of thioether (sulfide) groups is 1. The van der Waals surface area contributed by atoms with Crippen molar-refractivity contribution in [3.05, 3.63) is 22.6 Å². The van der Waals surface area contributed by atoms with Gasteiger partial charge < -0.3 is 0 Å². The van der Waals surface area contributed by atoms with E-state index in [0.29, 0.717) is 12.3 Å². The number of hydrogen-bond acceptors (Lipinski definition) is 4. The minimum Gasteiger partial charge on any atom is -0.270 e. The average Bonchev–Trinajstić information content (AvgIpc) is 2.58. The molecule has 0 radical (unpaired) electrons. The van der Waals surface area contributed by atoms with E-state index >= 15 is 0 Å². The summed E-state index contributed by atoms with van der Waals surface area (Å²) in [5, 5.41) is 7.14. The lowest BCUT2D eigenvalue weighted by molar-refractivity contribution is 0.604. The average molecular weight is 245 g/mol. The number of rotatable bonds is 6. The zero-order valence-corrected chi connectivity index (χ0v) is 10.4. The third-order valence-electron chi connectivity index (χ3n) is 1.80. The van der Waals surface area contributed by atoms with Crippen LogP contribution < -0.4 is 5.69 Å². The molecular weight excluding hydrogens is 230 g/mol. The lowest BCUT2D eigenvalue weighted by Crippen LogP contribution is -2.17. The predicted octanol–water partition coefficient (Wildman–Crippen LogP) is 1.56. The summed E-state index contributed by atoms with van der Waals surface area (Å²) >= 11 is 5.64. The van der Waals surface area contributed by atoms with Gasteiger partial charge in [-0.3, -0.25) is 4.57 Å². The highest BCUT2D eigenvalue weighted by molar-refractivity contribution is 7.99. The van der Waals surface area contributed by atoms with Crippen molar-refractivity contribution in [1.82, 2.24) is 14.8 Å². The molecule has 1 aromatic rings. The Balaban J connectivity index is 2.68. The number of aromatic amines is 1. The largest absolute Gasteiger partial charge is 0.343 e. The van der Waals surface area contributed by atoms with Crippen LogP contribution in [0.15, 0.2) is 22.1 Å². The zero-order valence-electron chi connectivity index (χ0n) is 8.69. The second kappa shape index (κ2) is 6.07. The predicted molar refractivity (Wildman–Crippen MR) is 66.9 cm³/mol. The number of hydrogen-bond donors (Lipinski definition) is 2. The molecule has 15 heavy (non-hydrogen) atoms. The summed E-state index contributed by atoms with van der Waals surface area (Å²) < 4.78 is 1.65. The fourth-order valence-electron chi connectivity index (χ4n) is 1.05. The normalized spacial score (nSPS) is 10.5. The highest BCUT2D eigenvalue weighted by atomic mass is 32.2. The summed E-state index contributed by atoms with van der Waals surface area (Å²) in [5.74, 6) is 1.41. The van der Waals surface area contributed by atoms with Gasteiger partial charge in [0.25, 0.3) is 0 Å². The molecule has 0 aromatic carbocycles. The van der Waals surface area contributed by atoms with E-state index < -0.39 is 0 Å². The van der Waals surface area contributed by atoms with Crippen molar-refractivity contribution < 1.29 is 0 Å². The maximum absolute atomic E-state index is 11.3. The lowest BCUT2D eigenvalue weighted by Gasteiger charge is -2.03. The van der Waals surface area contributed by atoms with Crippen LogP contribution in [0.3, 0.4) is 0 Å². The van der Waals surface area contributed by atoms with Gasteiger partial charge in [0.15, 0.2) is 5.16 Å². The van der Waals surface area contributed by atoms with Crippen molar-refractivity contribution >= 4 is 24.4 Å². The molecule has 1 N–H and O–H groups in total. The SMILES string of the molecule is C=C(CS)CSc1n[nH]c(=O)n1CCC. The van der Waals surface area contributed by atoms with Crippen LogP contribution in [0, 0.1) is 0 Å². The molecule has 0 saturated heterocycles. The quantitative estimate of drug-likeness (QED) is 0.454. The molecule has 4 nitrogen and oxygen atoms in total. The van der Waals surface area contributed by atoms with Crippen molar-refractivity contribution in [2.45, 2.75) is 25.0 Å². The van der Waals surface area contributed by atoms with E-state index in [0.717, 1.165) is 22.9 Å². The van der Waals surface area contributed by atoms with Crippen LogP contribution >= 0.6 is 24.4 Å². The third-order valence-corrected chi connectivity index (χ3v) is 3.37. The number of thiol groups is 1. The van der Waals surface area contributed by atoms with Crippen molar-refractivity contribution in [1.29, 1.82) is 0 Å². The van der Waals surface area contributed by atoms with Crippen molar-refractivity contribution in [3.63, 3.8) is 0 Å². The Morgan fingerprint density at radius 1 is 1.73 bits per heavy atom. The van der Waals surface area contributed by atoms with E-state index in [1.165, 1.54) is 11.8 Å². The molecule has 0 atom stereocenters. The summed E-state index contributed by atoms with van der Waals surface area (Å²) in [6.07, 6.45) is 0.917. The minimum absolute atomic E-state index is 0.143. The van der Waals surface area contributed by atoms with Gasteiger partial charge in [0.1, 0.15) is 0 Å². The molecule has 0 unspecified atom stereocenters. The van der Waals surface area contributed by atoms with E-state index in [9.17, 15) is 4.79 Å². The van der Waals surface area contributed by atoms with Gasteiger partial charge in [0.05, 0.1) is 0 Å². The monoisotopic (exact) mass is 245 g/mol. The summed E-state index contributed by atoms with van der Waals surface area (Å²) in [5.41, 5.74) is 0.887. The molecule has 1 rings (SSSR count). The van der Waals surface area contributed by atoms with E-state index in [1.807, 2.05) is 6.92 Å². The highest BCUT2D eigenvalue weighted by Crippen LogP contribution is 2.16. The Morgan fingerprint density at radius 2 is 2.47 bits per heavy atom. The van der Waals surface area contributed by atoms with Gasteiger partial charge in [0, 0.05) is 18.1 Å². The van der Waals surface area contributed by atoms with Crippen LogP contribution in [-0.2, 0) is 6.54 Å². The fraction of sp³-hybridized carbons (Fsp3) is 0.556.